The predicted molar refractivity (Wildman–Crippen MR) is 80.2 cm³/mol. The second-order valence-corrected chi connectivity index (χ2v) is 5.26. The summed E-state index contributed by atoms with van der Waals surface area (Å²) in [5.74, 6) is 1.34. The number of carbonyl (C=O) groups excluding carboxylic acids is 1. The Morgan fingerprint density at radius 2 is 2.20 bits per heavy atom. The van der Waals surface area contributed by atoms with Crippen molar-refractivity contribution in [1.29, 1.82) is 0 Å². The first-order chi connectivity index (χ1) is 9.74. The molecular formula is C17H19NO2. The van der Waals surface area contributed by atoms with Gasteiger partial charge in [0.1, 0.15) is 5.75 Å². The standard InChI is InChI=1S/C17H19NO2/c1-3-15(19)18-10-13-9-12-6-4-5-11-7-8-14(20-2)17(13)16(11)12/h4-8,13H,3,9-10H2,1-2H3,(H,18,19)/t13-/m1/s1. The van der Waals surface area contributed by atoms with Crippen LogP contribution in [0.2, 0.25) is 0 Å². The Morgan fingerprint density at radius 3 is 2.95 bits per heavy atom. The van der Waals surface area contributed by atoms with Crippen LogP contribution in [0.25, 0.3) is 10.8 Å². The van der Waals surface area contributed by atoms with E-state index in [4.69, 9.17) is 4.74 Å². The van der Waals surface area contributed by atoms with Crippen LogP contribution >= 0.6 is 0 Å². The van der Waals surface area contributed by atoms with E-state index in [-0.39, 0.29) is 5.91 Å². The Hall–Kier alpha value is -2.03. The molecule has 104 valence electrons. The van der Waals surface area contributed by atoms with Crippen molar-refractivity contribution in [3.05, 3.63) is 41.5 Å². The Balaban J connectivity index is 2.01. The molecule has 0 saturated heterocycles. The minimum absolute atomic E-state index is 0.104. The first-order valence-corrected chi connectivity index (χ1v) is 7.09. The van der Waals surface area contributed by atoms with Crippen molar-refractivity contribution in [1.82, 2.24) is 5.32 Å². The molecule has 1 aliphatic rings. The van der Waals surface area contributed by atoms with Gasteiger partial charge in [-0.25, -0.2) is 0 Å². The number of nitrogens with one attached hydrogen (secondary N) is 1. The minimum atomic E-state index is 0.104. The first kappa shape index (κ1) is 13.0. The molecule has 20 heavy (non-hydrogen) atoms. The average molecular weight is 269 g/mol. The van der Waals surface area contributed by atoms with Crippen molar-refractivity contribution in [2.24, 2.45) is 0 Å². The van der Waals surface area contributed by atoms with Crippen LogP contribution in [0.4, 0.5) is 0 Å². The van der Waals surface area contributed by atoms with Gasteiger partial charge in [-0.15, -0.1) is 0 Å². The molecule has 3 nitrogen and oxygen atoms in total. The van der Waals surface area contributed by atoms with Gasteiger partial charge < -0.3 is 10.1 Å². The summed E-state index contributed by atoms with van der Waals surface area (Å²) < 4.78 is 5.53. The van der Waals surface area contributed by atoms with E-state index in [1.165, 1.54) is 21.9 Å². The van der Waals surface area contributed by atoms with E-state index in [1.54, 1.807) is 7.11 Å². The van der Waals surface area contributed by atoms with Gasteiger partial charge in [-0.1, -0.05) is 31.2 Å². The van der Waals surface area contributed by atoms with Gasteiger partial charge in [0, 0.05) is 24.4 Å². The number of hydrogen-bond acceptors (Lipinski definition) is 2. The highest BCUT2D eigenvalue weighted by Gasteiger charge is 2.27. The summed E-state index contributed by atoms with van der Waals surface area (Å²) in [6.07, 6.45) is 1.50. The number of ether oxygens (including phenoxy) is 1. The van der Waals surface area contributed by atoms with E-state index in [0.717, 1.165) is 12.2 Å². The van der Waals surface area contributed by atoms with Gasteiger partial charge in [-0.3, -0.25) is 4.79 Å². The van der Waals surface area contributed by atoms with Crippen molar-refractivity contribution in [2.45, 2.75) is 25.7 Å². The van der Waals surface area contributed by atoms with E-state index in [9.17, 15) is 4.79 Å². The van der Waals surface area contributed by atoms with Crippen molar-refractivity contribution in [2.75, 3.05) is 13.7 Å². The normalized spacial score (nSPS) is 16.4. The van der Waals surface area contributed by atoms with Crippen molar-refractivity contribution >= 4 is 16.7 Å². The summed E-state index contributed by atoms with van der Waals surface area (Å²) in [5.41, 5.74) is 2.60. The highest BCUT2D eigenvalue weighted by molar-refractivity contribution is 5.93. The monoisotopic (exact) mass is 269 g/mol. The summed E-state index contributed by atoms with van der Waals surface area (Å²) in [5, 5.41) is 5.57. The Morgan fingerprint density at radius 1 is 1.35 bits per heavy atom. The molecule has 0 radical (unpaired) electrons. The number of carbonyl (C=O) groups is 1. The smallest absolute Gasteiger partial charge is 0.219 e. The summed E-state index contributed by atoms with van der Waals surface area (Å²) in [6.45, 7) is 2.55. The third-order valence-electron chi connectivity index (χ3n) is 4.09. The predicted octanol–water partition coefficient (Wildman–Crippen LogP) is 3.01. The lowest BCUT2D eigenvalue weighted by molar-refractivity contribution is -0.120. The van der Waals surface area contributed by atoms with Gasteiger partial charge in [0.25, 0.3) is 0 Å². The van der Waals surface area contributed by atoms with Crippen LogP contribution in [0.15, 0.2) is 30.3 Å². The number of hydrogen-bond donors (Lipinski definition) is 1. The topological polar surface area (TPSA) is 38.3 Å². The third kappa shape index (κ3) is 2.03. The molecule has 0 heterocycles. The van der Waals surface area contributed by atoms with E-state index in [0.29, 0.717) is 18.9 Å². The number of methoxy groups -OCH3 is 1. The van der Waals surface area contributed by atoms with E-state index in [1.807, 2.05) is 13.0 Å². The van der Waals surface area contributed by atoms with Gasteiger partial charge >= 0.3 is 0 Å². The van der Waals surface area contributed by atoms with Crippen molar-refractivity contribution in [3.63, 3.8) is 0 Å². The van der Waals surface area contributed by atoms with Crippen molar-refractivity contribution in [3.8, 4) is 5.75 Å². The largest absolute Gasteiger partial charge is 0.496 e. The molecule has 0 aliphatic heterocycles. The SMILES string of the molecule is CCC(=O)NC[C@H]1Cc2cccc3ccc(OC)c1c23. The lowest BCUT2D eigenvalue weighted by atomic mass is 9.98. The van der Waals surface area contributed by atoms with Crippen LogP contribution in [-0.2, 0) is 11.2 Å². The highest BCUT2D eigenvalue weighted by atomic mass is 16.5. The van der Waals surface area contributed by atoms with Crippen LogP contribution < -0.4 is 10.1 Å². The molecular weight excluding hydrogens is 250 g/mol. The molecule has 0 bridgehead atoms. The fraction of sp³-hybridized carbons (Fsp3) is 0.353. The zero-order chi connectivity index (χ0) is 14.1. The number of benzene rings is 2. The second-order valence-electron chi connectivity index (χ2n) is 5.26. The fourth-order valence-electron chi connectivity index (χ4n) is 3.12. The van der Waals surface area contributed by atoms with Crippen LogP contribution in [-0.4, -0.2) is 19.6 Å². The molecule has 0 fully saturated rings. The third-order valence-corrected chi connectivity index (χ3v) is 4.09. The Kier molecular flexibility index (Phi) is 3.35. The molecule has 0 aromatic heterocycles. The Bertz CT molecular complexity index is 663. The summed E-state index contributed by atoms with van der Waals surface area (Å²) >= 11 is 0. The Labute approximate surface area is 118 Å². The highest BCUT2D eigenvalue weighted by Crippen LogP contribution is 2.43. The lowest BCUT2D eigenvalue weighted by Crippen LogP contribution is -2.27. The molecule has 1 atom stereocenters. The maximum atomic E-state index is 11.5. The van der Waals surface area contributed by atoms with Gasteiger partial charge in [0.05, 0.1) is 7.11 Å². The van der Waals surface area contributed by atoms with Crippen LogP contribution in [0.1, 0.15) is 30.4 Å². The molecule has 0 spiro atoms. The van der Waals surface area contributed by atoms with Gasteiger partial charge in [-0.2, -0.15) is 0 Å². The zero-order valence-electron chi connectivity index (χ0n) is 11.9. The molecule has 0 unspecified atom stereocenters. The summed E-state index contributed by atoms with van der Waals surface area (Å²) in [7, 11) is 1.71. The molecule has 1 N–H and O–H groups in total. The maximum Gasteiger partial charge on any atom is 0.219 e. The van der Waals surface area contributed by atoms with Crippen LogP contribution in [0, 0.1) is 0 Å². The minimum Gasteiger partial charge on any atom is -0.496 e. The quantitative estimate of drug-likeness (QED) is 0.926. The molecule has 0 saturated carbocycles. The molecule has 2 aromatic carbocycles. The number of rotatable bonds is 4. The van der Waals surface area contributed by atoms with Gasteiger partial charge in [0.2, 0.25) is 5.91 Å². The first-order valence-electron chi connectivity index (χ1n) is 7.09. The molecule has 3 heteroatoms. The zero-order valence-corrected chi connectivity index (χ0v) is 11.9. The average Bonchev–Trinajstić information content (AvgIpc) is 2.86. The van der Waals surface area contributed by atoms with E-state index in [2.05, 4.69) is 29.6 Å². The fourth-order valence-corrected chi connectivity index (χ4v) is 3.12. The van der Waals surface area contributed by atoms with Crippen LogP contribution in [0.5, 0.6) is 5.75 Å². The second kappa shape index (κ2) is 5.16. The van der Waals surface area contributed by atoms with Crippen LogP contribution in [0.3, 0.4) is 0 Å². The van der Waals surface area contributed by atoms with Gasteiger partial charge in [-0.05, 0) is 28.8 Å². The summed E-state index contributed by atoms with van der Waals surface area (Å²) in [6, 6.07) is 10.5. The molecule has 2 aromatic rings. The summed E-state index contributed by atoms with van der Waals surface area (Å²) in [4.78, 5) is 11.5. The molecule has 1 amide bonds. The van der Waals surface area contributed by atoms with E-state index >= 15 is 0 Å². The van der Waals surface area contributed by atoms with E-state index < -0.39 is 0 Å². The number of amides is 1. The molecule has 3 rings (SSSR count). The maximum absolute atomic E-state index is 11.5. The molecule has 1 aliphatic carbocycles. The van der Waals surface area contributed by atoms with Gasteiger partial charge in [0.15, 0.2) is 0 Å². The van der Waals surface area contributed by atoms with Crippen molar-refractivity contribution < 1.29 is 9.53 Å². The lowest BCUT2D eigenvalue weighted by Gasteiger charge is -2.15.